The summed E-state index contributed by atoms with van der Waals surface area (Å²) in [6, 6.07) is 20.0. The lowest BCUT2D eigenvalue weighted by atomic mass is 9.95. The van der Waals surface area contributed by atoms with Crippen LogP contribution >= 0.6 is 0 Å². The van der Waals surface area contributed by atoms with Gasteiger partial charge in [0.25, 0.3) is 10.0 Å². The number of anilines is 1. The van der Waals surface area contributed by atoms with E-state index in [-0.39, 0.29) is 23.4 Å². The number of carbonyl (C=O) groups excluding carboxylic acids is 2. The van der Waals surface area contributed by atoms with Gasteiger partial charge in [-0.05, 0) is 80.6 Å². The van der Waals surface area contributed by atoms with Crippen LogP contribution in [0.5, 0.6) is 5.75 Å². The van der Waals surface area contributed by atoms with E-state index in [0.29, 0.717) is 11.4 Å². The van der Waals surface area contributed by atoms with Crippen molar-refractivity contribution in [3.63, 3.8) is 0 Å². The summed E-state index contributed by atoms with van der Waals surface area (Å²) in [6.45, 7) is 5.13. The van der Waals surface area contributed by atoms with Crippen molar-refractivity contribution in [2.24, 2.45) is 0 Å². The average molecular weight is 592 g/mol. The summed E-state index contributed by atoms with van der Waals surface area (Å²) in [7, 11) is -2.52. The van der Waals surface area contributed by atoms with Crippen LogP contribution in [0.15, 0.2) is 77.7 Å². The van der Waals surface area contributed by atoms with Crippen LogP contribution in [0.3, 0.4) is 0 Å². The van der Waals surface area contributed by atoms with E-state index in [1.165, 1.54) is 21.3 Å². The van der Waals surface area contributed by atoms with E-state index in [1.807, 2.05) is 32.0 Å². The number of ether oxygens (including phenoxy) is 1. The standard InChI is InChI=1S/C33H41N3O5S/c1-24-12-11-17-31(25(24)2)36(42(39,40)30-15-9-6-10-16-30)23-32(37)35(22-27-18-20-29(41-4)21-19-27)26(3)33(38)34-28-13-7-5-8-14-28/h6,9-12,15-21,26,28H,5,7-8,13-14,22-23H2,1-4H3,(H,34,38)/t26-/m0/s1. The number of hydrogen-bond donors (Lipinski definition) is 1. The molecule has 8 nitrogen and oxygen atoms in total. The number of hydrogen-bond acceptors (Lipinski definition) is 5. The topological polar surface area (TPSA) is 96.0 Å². The molecule has 9 heteroatoms. The first-order valence-electron chi connectivity index (χ1n) is 14.5. The average Bonchev–Trinajstić information content (AvgIpc) is 3.01. The molecule has 4 rings (SSSR count). The third kappa shape index (κ3) is 7.31. The summed E-state index contributed by atoms with van der Waals surface area (Å²) in [5, 5.41) is 3.13. The van der Waals surface area contributed by atoms with Crippen molar-refractivity contribution >= 4 is 27.5 Å². The first-order chi connectivity index (χ1) is 20.1. The highest BCUT2D eigenvalue weighted by Crippen LogP contribution is 2.29. The number of amides is 2. The number of rotatable bonds is 11. The lowest BCUT2D eigenvalue weighted by molar-refractivity contribution is -0.139. The Morgan fingerprint density at radius 3 is 2.24 bits per heavy atom. The van der Waals surface area contributed by atoms with Gasteiger partial charge < -0.3 is 15.0 Å². The van der Waals surface area contributed by atoms with Gasteiger partial charge in [0.05, 0.1) is 17.7 Å². The van der Waals surface area contributed by atoms with Crippen LogP contribution in [0.2, 0.25) is 0 Å². The fourth-order valence-electron chi connectivity index (χ4n) is 5.32. The number of nitrogens with zero attached hydrogens (tertiary/aromatic N) is 2. The molecule has 0 radical (unpaired) electrons. The molecular formula is C33H41N3O5S. The molecule has 1 aliphatic rings. The predicted octanol–water partition coefficient (Wildman–Crippen LogP) is 5.37. The zero-order chi connectivity index (χ0) is 30.3. The molecule has 3 aromatic carbocycles. The molecule has 0 aliphatic heterocycles. The Kier molecular flexibility index (Phi) is 10.3. The maximum Gasteiger partial charge on any atom is 0.264 e. The van der Waals surface area contributed by atoms with Gasteiger partial charge >= 0.3 is 0 Å². The summed E-state index contributed by atoms with van der Waals surface area (Å²) >= 11 is 0. The molecule has 1 N–H and O–H groups in total. The van der Waals surface area contributed by atoms with Gasteiger partial charge in [-0.3, -0.25) is 13.9 Å². The lowest BCUT2D eigenvalue weighted by Crippen LogP contribution is -2.53. The van der Waals surface area contributed by atoms with Crippen molar-refractivity contribution in [3.05, 3.63) is 89.5 Å². The molecule has 0 saturated heterocycles. The zero-order valence-electron chi connectivity index (χ0n) is 24.9. The van der Waals surface area contributed by atoms with Gasteiger partial charge in [0, 0.05) is 12.6 Å². The van der Waals surface area contributed by atoms with E-state index in [9.17, 15) is 18.0 Å². The van der Waals surface area contributed by atoms with Crippen LogP contribution in [0.4, 0.5) is 5.69 Å². The molecule has 42 heavy (non-hydrogen) atoms. The van der Waals surface area contributed by atoms with Gasteiger partial charge in [0.15, 0.2) is 0 Å². The second-order valence-electron chi connectivity index (χ2n) is 10.9. The van der Waals surface area contributed by atoms with E-state index in [4.69, 9.17) is 4.74 Å². The molecule has 0 heterocycles. The third-order valence-electron chi connectivity index (χ3n) is 8.09. The number of nitrogens with one attached hydrogen (secondary N) is 1. The fourth-order valence-corrected chi connectivity index (χ4v) is 6.81. The molecule has 0 bridgehead atoms. The largest absolute Gasteiger partial charge is 0.497 e. The van der Waals surface area contributed by atoms with E-state index in [0.717, 1.165) is 48.8 Å². The third-order valence-corrected chi connectivity index (χ3v) is 9.86. The smallest absolute Gasteiger partial charge is 0.264 e. The molecule has 224 valence electrons. The normalized spacial score (nSPS) is 14.6. The Labute approximate surface area is 249 Å². The number of carbonyl (C=O) groups is 2. The first-order valence-corrected chi connectivity index (χ1v) is 15.9. The Balaban J connectivity index is 1.69. The van der Waals surface area contributed by atoms with Crippen LogP contribution in [-0.4, -0.2) is 50.9 Å². The van der Waals surface area contributed by atoms with Gasteiger partial charge in [-0.25, -0.2) is 8.42 Å². The number of aryl methyl sites for hydroxylation is 1. The highest BCUT2D eigenvalue weighted by atomic mass is 32.2. The Hall–Kier alpha value is -3.85. The van der Waals surface area contributed by atoms with Crippen LogP contribution in [0, 0.1) is 13.8 Å². The van der Waals surface area contributed by atoms with Crippen molar-refractivity contribution in [3.8, 4) is 5.75 Å². The minimum Gasteiger partial charge on any atom is -0.497 e. The van der Waals surface area contributed by atoms with Gasteiger partial charge in [-0.15, -0.1) is 0 Å². The van der Waals surface area contributed by atoms with E-state index in [1.54, 1.807) is 56.5 Å². The molecule has 0 unspecified atom stereocenters. The van der Waals surface area contributed by atoms with Crippen LogP contribution < -0.4 is 14.4 Å². The molecule has 2 amide bonds. The van der Waals surface area contributed by atoms with Crippen molar-refractivity contribution in [2.75, 3.05) is 18.0 Å². The Morgan fingerprint density at radius 1 is 0.929 bits per heavy atom. The molecule has 1 fully saturated rings. The van der Waals surface area contributed by atoms with Gasteiger partial charge in [-0.1, -0.05) is 61.7 Å². The SMILES string of the molecule is COc1ccc(CN(C(=O)CN(c2cccc(C)c2C)S(=O)(=O)c2ccccc2)[C@@H](C)C(=O)NC2CCCCC2)cc1. The van der Waals surface area contributed by atoms with E-state index < -0.39 is 28.5 Å². The second kappa shape index (κ2) is 13.9. The highest BCUT2D eigenvalue weighted by molar-refractivity contribution is 7.92. The summed E-state index contributed by atoms with van der Waals surface area (Å²) in [5.41, 5.74) is 2.89. The maximum absolute atomic E-state index is 14.2. The molecule has 3 aromatic rings. The van der Waals surface area contributed by atoms with Crippen molar-refractivity contribution < 1.29 is 22.7 Å². The van der Waals surface area contributed by atoms with E-state index >= 15 is 0 Å². The van der Waals surface area contributed by atoms with Crippen molar-refractivity contribution in [1.82, 2.24) is 10.2 Å². The molecule has 1 aliphatic carbocycles. The van der Waals surface area contributed by atoms with Crippen molar-refractivity contribution in [2.45, 2.75) is 76.4 Å². The summed E-state index contributed by atoms with van der Waals surface area (Å²) < 4.78 is 34.5. The zero-order valence-corrected chi connectivity index (χ0v) is 25.7. The lowest BCUT2D eigenvalue weighted by Gasteiger charge is -2.33. The Morgan fingerprint density at radius 2 is 1.60 bits per heavy atom. The summed E-state index contributed by atoms with van der Waals surface area (Å²) in [4.78, 5) is 29.2. The minimum atomic E-state index is -4.10. The molecular weight excluding hydrogens is 550 g/mol. The first kappa shape index (κ1) is 31.1. The van der Waals surface area contributed by atoms with Crippen molar-refractivity contribution in [1.29, 1.82) is 0 Å². The maximum atomic E-state index is 14.2. The van der Waals surface area contributed by atoms with Crippen LogP contribution in [0.1, 0.15) is 55.7 Å². The highest BCUT2D eigenvalue weighted by Gasteiger charge is 2.33. The van der Waals surface area contributed by atoms with Gasteiger partial charge in [0.1, 0.15) is 18.3 Å². The second-order valence-corrected chi connectivity index (χ2v) is 12.8. The van der Waals surface area contributed by atoms with Gasteiger partial charge in [0.2, 0.25) is 11.8 Å². The van der Waals surface area contributed by atoms with E-state index in [2.05, 4.69) is 5.32 Å². The fraction of sp³-hybridized carbons (Fsp3) is 0.394. The molecule has 0 aromatic heterocycles. The van der Waals surface area contributed by atoms with Crippen LogP contribution in [0.25, 0.3) is 0 Å². The quantitative estimate of drug-likeness (QED) is 0.323. The van der Waals surface area contributed by atoms with Gasteiger partial charge in [-0.2, -0.15) is 0 Å². The predicted molar refractivity (Wildman–Crippen MR) is 165 cm³/mol. The number of benzene rings is 3. The minimum absolute atomic E-state index is 0.0801. The molecule has 0 spiro atoms. The summed E-state index contributed by atoms with van der Waals surface area (Å²) in [5.74, 6) is -0.0414. The van der Waals surface area contributed by atoms with Crippen LogP contribution in [-0.2, 0) is 26.2 Å². The molecule has 1 saturated carbocycles. The summed E-state index contributed by atoms with van der Waals surface area (Å²) in [6.07, 6.45) is 5.13. The molecule has 1 atom stereocenters. The number of methoxy groups -OCH3 is 1. The number of sulfonamides is 1. The Bertz CT molecular complexity index is 1470. The monoisotopic (exact) mass is 591 g/mol.